The molecule has 0 saturated heterocycles. The Labute approximate surface area is 60.1 Å². The second-order valence-electron chi connectivity index (χ2n) is 1.74. The minimum Gasteiger partial charge on any atom is -0.383 e. The average molecular weight is 162 g/mol. The zero-order chi connectivity index (χ0) is 8.48. The van der Waals surface area contributed by atoms with E-state index in [4.69, 9.17) is 5.73 Å². The van der Waals surface area contributed by atoms with Crippen LogP contribution in [0, 0.1) is 6.20 Å². The van der Waals surface area contributed by atoms with Crippen molar-refractivity contribution in [3.8, 4) is 0 Å². The largest absolute Gasteiger partial charge is 0.422 e. The van der Waals surface area contributed by atoms with Crippen LogP contribution >= 0.6 is 0 Å². The molecule has 3 nitrogen and oxygen atoms in total. The molecule has 0 aliphatic rings. The predicted molar refractivity (Wildman–Crippen MR) is 30.3 cm³/mol. The topological polar surface area (TPSA) is 51.8 Å². The lowest BCUT2D eigenvalue weighted by Gasteiger charge is -2.05. The number of aromatic nitrogens is 2. The first-order valence-corrected chi connectivity index (χ1v) is 2.57. The third kappa shape index (κ3) is 1.57. The number of nitrogens with two attached hydrogens (primary N) is 1. The van der Waals surface area contributed by atoms with Gasteiger partial charge in [-0.3, -0.25) is 0 Å². The molecule has 0 fully saturated rings. The summed E-state index contributed by atoms with van der Waals surface area (Å²) >= 11 is 0. The Morgan fingerprint density at radius 3 is 2.45 bits per heavy atom. The van der Waals surface area contributed by atoms with Gasteiger partial charge in [-0.2, -0.15) is 13.2 Å². The van der Waals surface area contributed by atoms with E-state index < -0.39 is 17.6 Å². The van der Waals surface area contributed by atoms with Gasteiger partial charge in [0.1, 0.15) is 23.9 Å². The van der Waals surface area contributed by atoms with Crippen LogP contribution in [0.1, 0.15) is 5.56 Å². The van der Waals surface area contributed by atoms with Crippen molar-refractivity contribution in [3.05, 3.63) is 18.1 Å². The third-order valence-corrected chi connectivity index (χ3v) is 0.971. The molecule has 0 aliphatic carbocycles. The highest BCUT2D eigenvalue weighted by Gasteiger charge is 2.34. The SMILES string of the molecule is Nc1ncn[c]c1C(F)(F)F. The minimum absolute atomic E-state index is 0.604. The van der Waals surface area contributed by atoms with E-state index in [-0.39, 0.29) is 0 Å². The second kappa shape index (κ2) is 2.37. The molecule has 0 atom stereocenters. The summed E-state index contributed by atoms with van der Waals surface area (Å²) in [4.78, 5) is 6.24. The minimum atomic E-state index is -4.52. The number of nitrogens with zero attached hydrogens (tertiary/aromatic N) is 2. The zero-order valence-electron chi connectivity index (χ0n) is 5.18. The Morgan fingerprint density at radius 1 is 1.45 bits per heavy atom. The lowest BCUT2D eigenvalue weighted by Crippen LogP contribution is -2.10. The van der Waals surface area contributed by atoms with E-state index in [9.17, 15) is 13.2 Å². The van der Waals surface area contributed by atoms with Gasteiger partial charge in [-0.15, -0.1) is 0 Å². The lowest BCUT2D eigenvalue weighted by molar-refractivity contribution is -0.137. The van der Waals surface area contributed by atoms with Crippen LogP contribution in [0.25, 0.3) is 0 Å². The number of anilines is 1. The van der Waals surface area contributed by atoms with Crippen molar-refractivity contribution in [2.45, 2.75) is 6.18 Å². The van der Waals surface area contributed by atoms with Crippen LogP contribution in [0.4, 0.5) is 19.0 Å². The monoisotopic (exact) mass is 162 g/mol. The molecule has 1 aromatic rings. The molecule has 1 heterocycles. The molecule has 0 bridgehead atoms. The number of alkyl halides is 3. The first-order chi connectivity index (χ1) is 5.02. The van der Waals surface area contributed by atoms with Crippen molar-refractivity contribution in [1.29, 1.82) is 0 Å². The standard InChI is InChI=1S/C5H3F3N3/c6-5(7,8)3-1-10-2-11-4(3)9/h2H,(H2,9,10,11). The van der Waals surface area contributed by atoms with E-state index in [0.717, 1.165) is 6.33 Å². The molecule has 1 rings (SSSR count). The summed E-state index contributed by atoms with van der Waals surface area (Å²) in [6.45, 7) is 0. The van der Waals surface area contributed by atoms with Gasteiger partial charge in [-0.25, -0.2) is 9.97 Å². The van der Waals surface area contributed by atoms with Crippen LogP contribution in [0.3, 0.4) is 0 Å². The van der Waals surface area contributed by atoms with E-state index in [2.05, 4.69) is 9.97 Å². The molecule has 0 unspecified atom stereocenters. The van der Waals surface area contributed by atoms with Gasteiger partial charge in [0.05, 0.1) is 0 Å². The Balaban J connectivity index is 3.14. The number of halogens is 3. The van der Waals surface area contributed by atoms with Crippen LogP contribution in [-0.4, -0.2) is 9.97 Å². The van der Waals surface area contributed by atoms with Gasteiger partial charge in [-0.1, -0.05) is 0 Å². The summed E-state index contributed by atoms with van der Waals surface area (Å²) in [5.74, 6) is -0.604. The number of nitrogen functional groups attached to an aromatic ring is 1. The van der Waals surface area contributed by atoms with Crippen molar-refractivity contribution >= 4 is 5.82 Å². The molecule has 0 aliphatic heterocycles. The summed E-state index contributed by atoms with van der Waals surface area (Å²) in [6.07, 6.45) is -1.90. The third-order valence-electron chi connectivity index (χ3n) is 0.971. The highest BCUT2D eigenvalue weighted by Crippen LogP contribution is 2.30. The van der Waals surface area contributed by atoms with Crippen molar-refractivity contribution in [2.24, 2.45) is 0 Å². The van der Waals surface area contributed by atoms with E-state index in [1.807, 2.05) is 0 Å². The quantitative estimate of drug-likeness (QED) is 0.616. The fourth-order valence-corrected chi connectivity index (χ4v) is 0.515. The second-order valence-corrected chi connectivity index (χ2v) is 1.74. The van der Waals surface area contributed by atoms with Gasteiger partial charge in [0.2, 0.25) is 0 Å². The van der Waals surface area contributed by atoms with E-state index in [0.29, 0.717) is 0 Å². The highest BCUT2D eigenvalue weighted by atomic mass is 19.4. The zero-order valence-corrected chi connectivity index (χ0v) is 5.18. The number of hydrogen-bond acceptors (Lipinski definition) is 3. The summed E-state index contributed by atoms with van der Waals surface area (Å²) in [5, 5.41) is 0. The Hall–Kier alpha value is -1.33. The molecule has 1 aromatic heterocycles. The summed E-state index contributed by atoms with van der Waals surface area (Å²) in [6, 6.07) is 0. The van der Waals surface area contributed by atoms with Gasteiger partial charge in [0.25, 0.3) is 0 Å². The highest BCUT2D eigenvalue weighted by molar-refractivity contribution is 5.37. The lowest BCUT2D eigenvalue weighted by atomic mass is 10.3. The molecule has 0 spiro atoms. The summed E-state index contributed by atoms with van der Waals surface area (Å²) < 4.78 is 35.6. The molecule has 6 heteroatoms. The van der Waals surface area contributed by atoms with Crippen LogP contribution in [0.5, 0.6) is 0 Å². The van der Waals surface area contributed by atoms with Crippen molar-refractivity contribution in [3.63, 3.8) is 0 Å². The van der Waals surface area contributed by atoms with E-state index in [1.165, 1.54) is 0 Å². The first-order valence-electron chi connectivity index (χ1n) is 2.57. The van der Waals surface area contributed by atoms with Crippen molar-refractivity contribution in [2.75, 3.05) is 5.73 Å². The molecule has 59 valence electrons. The molecule has 0 aromatic carbocycles. The van der Waals surface area contributed by atoms with E-state index >= 15 is 0 Å². The molecule has 2 N–H and O–H groups in total. The summed E-state index contributed by atoms with van der Waals surface area (Å²) in [7, 11) is 0. The number of hydrogen-bond donors (Lipinski definition) is 1. The average Bonchev–Trinajstić information content (AvgIpc) is 1.86. The van der Waals surface area contributed by atoms with Gasteiger partial charge < -0.3 is 5.73 Å². The Morgan fingerprint density at radius 2 is 2.09 bits per heavy atom. The van der Waals surface area contributed by atoms with Gasteiger partial charge in [-0.05, 0) is 0 Å². The van der Waals surface area contributed by atoms with Gasteiger partial charge >= 0.3 is 6.18 Å². The predicted octanol–water partition coefficient (Wildman–Crippen LogP) is 0.878. The molecular weight excluding hydrogens is 159 g/mol. The normalized spacial score (nSPS) is 11.5. The fraction of sp³-hybridized carbons (Fsp3) is 0.200. The summed E-state index contributed by atoms with van der Waals surface area (Å²) in [5.41, 5.74) is 3.78. The van der Waals surface area contributed by atoms with Gasteiger partial charge in [0.15, 0.2) is 0 Å². The smallest absolute Gasteiger partial charge is 0.383 e. The molecule has 11 heavy (non-hydrogen) atoms. The first kappa shape index (κ1) is 7.77. The Kier molecular flexibility index (Phi) is 1.67. The van der Waals surface area contributed by atoms with Crippen LogP contribution in [0.2, 0.25) is 0 Å². The van der Waals surface area contributed by atoms with Crippen molar-refractivity contribution < 1.29 is 13.2 Å². The van der Waals surface area contributed by atoms with Crippen LogP contribution in [0.15, 0.2) is 6.33 Å². The maximum absolute atomic E-state index is 11.9. The molecule has 1 radical (unpaired) electrons. The maximum atomic E-state index is 11.9. The molecule has 0 saturated carbocycles. The van der Waals surface area contributed by atoms with Gasteiger partial charge in [0, 0.05) is 0 Å². The van der Waals surface area contributed by atoms with Crippen LogP contribution < -0.4 is 5.73 Å². The van der Waals surface area contributed by atoms with Crippen molar-refractivity contribution in [1.82, 2.24) is 9.97 Å². The fourth-order valence-electron chi connectivity index (χ4n) is 0.515. The number of rotatable bonds is 0. The molecule has 0 amide bonds. The van der Waals surface area contributed by atoms with Crippen LogP contribution in [-0.2, 0) is 6.18 Å². The molecular formula is C5H3F3N3. The Bertz CT molecular complexity index is 257. The maximum Gasteiger partial charge on any atom is 0.422 e. The van der Waals surface area contributed by atoms with E-state index in [1.54, 1.807) is 6.20 Å².